The second kappa shape index (κ2) is 5.89. The fourth-order valence-electron chi connectivity index (χ4n) is 3.25. The molecular formula is C18H15N3O5. The zero-order valence-electron chi connectivity index (χ0n) is 14.0. The van der Waals surface area contributed by atoms with Gasteiger partial charge in [-0.25, -0.2) is 0 Å². The van der Waals surface area contributed by atoms with E-state index >= 15 is 0 Å². The highest BCUT2D eigenvalue weighted by atomic mass is 16.6. The van der Waals surface area contributed by atoms with Gasteiger partial charge in [0.1, 0.15) is 0 Å². The largest absolute Gasteiger partial charge is 0.390 e. The predicted molar refractivity (Wildman–Crippen MR) is 90.8 cm³/mol. The van der Waals surface area contributed by atoms with Gasteiger partial charge in [0.05, 0.1) is 40.3 Å². The molecule has 8 nitrogen and oxygen atoms in total. The molecule has 2 atom stereocenters. The molecule has 0 aliphatic heterocycles. The average Bonchev–Trinajstić information content (AvgIpc) is 2.61. The van der Waals surface area contributed by atoms with Crippen LogP contribution in [0, 0.1) is 26.9 Å². The Morgan fingerprint density at radius 2 is 1.96 bits per heavy atom. The summed E-state index contributed by atoms with van der Waals surface area (Å²) < 4.78 is 1.05. The number of aliphatic hydroxyl groups excluding tert-OH is 1. The summed E-state index contributed by atoms with van der Waals surface area (Å²) in [6.45, 7) is 3.10. The van der Waals surface area contributed by atoms with Crippen LogP contribution in [-0.2, 0) is 0 Å². The van der Waals surface area contributed by atoms with Crippen molar-refractivity contribution in [1.82, 2.24) is 4.57 Å². The molecule has 132 valence electrons. The van der Waals surface area contributed by atoms with Crippen molar-refractivity contribution in [3.05, 3.63) is 73.7 Å². The number of pyridine rings is 1. The first-order valence-corrected chi connectivity index (χ1v) is 7.82. The van der Waals surface area contributed by atoms with Gasteiger partial charge in [-0.1, -0.05) is 0 Å². The Morgan fingerprint density at radius 1 is 1.27 bits per heavy atom. The van der Waals surface area contributed by atoms with Crippen LogP contribution in [0.4, 0.5) is 5.69 Å². The normalized spacial score (nSPS) is 20.9. The van der Waals surface area contributed by atoms with Crippen molar-refractivity contribution in [2.75, 3.05) is 0 Å². The molecule has 26 heavy (non-hydrogen) atoms. The van der Waals surface area contributed by atoms with E-state index in [9.17, 15) is 24.8 Å². The number of ketones is 1. The van der Waals surface area contributed by atoms with E-state index in [1.165, 1.54) is 18.2 Å². The highest BCUT2D eigenvalue weighted by Gasteiger charge is 2.48. The summed E-state index contributed by atoms with van der Waals surface area (Å²) in [5, 5.41) is 31.1. The van der Waals surface area contributed by atoms with Crippen molar-refractivity contribution in [2.45, 2.75) is 26.0 Å². The minimum absolute atomic E-state index is 0.256. The van der Waals surface area contributed by atoms with Gasteiger partial charge in [0, 0.05) is 17.7 Å². The van der Waals surface area contributed by atoms with Crippen molar-refractivity contribution in [3.8, 4) is 6.07 Å². The maximum absolute atomic E-state index is 12.7. The SMILES string of the molecule is CC1(C)C(=O)c2ccc(C#N)cc2C(n2cc([N+](=O)[O-])ccc2=O)C1O. The van der Waals surface area contributed by atoms with Crippen LogP contribution in [0.5, 0.6) is 0 Å². The third kappa shape index (κ3) is 2.50. The average molecular weight is 353 g/mol. The first-order valence-electron chi connectivity index (χ1n) is 7.82. The van der Waals surface area contributed by atoms with E-state index in [0.29, 0.717) is 5.56 Å². The van der Waals surface area contributed by atoms with Gasteiger partial charge in [0.15, 0.2) is 5.78 Å². The lowest BCUT2D eigenvalue weighted by molar-refractivity contribution is -0.385. The molecule has 1 aliphatic rings. The summed E-state index contributed by atoms with van der Waals surface area (Å²) in [6, 6.07) is 7.45. The third-order valence-corrected chi connectivity index (χ3v) is 4.80. The van der Waals surface area contributed by atoms with E-state index in [1.807, 2.05) is 6.07 Å². The highest BCUT2D eigenvalue weighted by molar-refractivity contribution is 6.03. The molecule has 1 aromatic carbocycles. The number of fused-ring (bicyclic) bond motifs is 1. The Kier molecular flexibility index (Phi) is 3.97. The van der Waals surface area contributed by atoms with Gasteiger partial charge in [-0.2, -0.15) is 5.26 Å². The minimum Gasteiger partial charge on any atom is -0.390 e. The number of hydrogen-bond acceptors (Lipinski definition) is 6. The van der Waals surface area contributed by atoms with Crippen molar-refractivity contribution < 1.29 is 14.8 Å². The number of rotatable bonds is 2. The van der Waals surface area contributed by atoms with Crippen molar-refractivity contribution in [2.24, 2.45) is 5.41 Å². The maximum atomic E-state index is 12.7. The van der Waals surface area contributed by atoms with Crippen LogP contribution in [0.2, 0.25) is 0 Å². The molecule has 8 heteroatoms. The van der Waals surface area contributed by atoms with E-state index < -0.39 is 28.0 Å². The van der Waals surface area contributed by atoms with Crippen LogP contribution < -0.4 is 5.56 Å². The lowest BCUT2D eigenvalue weighted by atomic mass is 9.68. The monoisotopic (exact) mass is 353 g/mol. The molecule has 0 saturated heterocycles. The molecular weight excluding hydrogens is 338 g/mol. The second-order valence-electron chi connectivity index (χ2n) is 6.74. The molecule has 0 fully saturated rings. The zero-order chi connectivity index (χ0) is 19.2. The lowest BCUT2D eigenvalue weighted by Gasteiger charge is -2.41. The topological polar surface area (TPSA) is 126 Å². The van der Waals surface area contributed by atoms with Crippen LogP contribution in [0.1, 0.15) is 41.4 Å². The Morgan fingerprint density at radius 3 is 2.58 bits per heavy atom. The van der Waals surface area contributed by atoms with E-state index in [4.69, 9.17) is 5.26 Å². The molecule has 1 heterocycles. The Bertz CT molecular complexity index is 1030. The molecule has 1 N–H and O–H groups in total. The number of benzene rings is 1. The number of Topliss-reactive ketones (excluding diaryl/α,β-unsaturated/α-hetero) is 1. The summed E-state index contributed by atoms with van der Waals surface area (Å²) in [5.74, 6) is -0.320. The summed E-state index contributed by atoms with van der Waals surface area (Å²) in [4.78, 5) is 35.6. The number of aromatic nitrogens is 1. The van der Waals surface area contributed by atoms with Gasteiger partial charge in [0.2, 0.25) is 0 Å². The Hall–Kier alpha value is -3.31. The van der Waals surface area contributed by atoms with Gasteiger partial charge < -0.3 is 5.11 Å². The summed E-state index contributed by atoms with van der Waals surface area (Å²) in [7, 11) is 0. The molecule has 1 aromatic heterocycles. The van der Waals surface area contributed by atoms with E-state index in [2.05, 4.69) is 0 Å². The molecule has 3 rings (SSSR count). The van der Waals surface area contributed by atoms with Crippen LogP contribution in [0.25, 0.3) is 0 Å². The first-order chi connectivity index (χ1) is 12.2. The fraction of sp³-hybridized carbons (Fsp3) is 0.278. The summed E-state index contributed by atoms with van der Waals surface area (Å²) >= 11 is 0. The van der Waals surface area contributed by atoms with E-state index in [-0.39, 0.29) is 22.6 Å². The summed E-state index contributed by atoms with van der Waals surface area (Å²) in [6.07, 6.45) is -0.263. The van der Waals surface area contributed by atoms with Gasteiger partial charge in [-0.15, -0.1) is 0 Å². The first kappa shape index (κ1) is 17.5. The summed E-state index contributed by atoms with van der Waals surface area (Å²) in [5.41, 5.74) is -1.25. The predicted octanol–water partition coefficient (Wildman–Crippen LogP) is 1.80. The standard InChI is InChI=1S/C18H15N3O5/c1-18(2)16(23)12-5-3-10(8-19)7-13(12)15(17(18)24)20-9-11(21(25)26)4-6-14(20)22/h3-7,9,15,17,24H,1-2H3. The van der Waals surface area contributed by atoms with Gasteiger partial charge in [-0.05, 0) is 37.6 Å². The minimum atomic E-state index is -1.31. The number of hydrogen-bond donors (Lipinski definition) is 1. The molecule has 1 aliphatic carbocycles. The van der Waals surface area contributed by atoms with Crippen LogP contribution in [0.3, 0.4) is 0 Å². The van der Waals surface area contributed by atoms with Crippen LogP contribution in [-0.4, -0.2) is 26.5 Å². The Balaban J connectivity index is 2.34. The van der Waals surface area contributed by atoms with Crippen molar-refractivity contribution in [1.29, 1.82) is 5.26 Å². The van der Waals surface area contributed by atoms with E-state index in [1.54, 1.807) is 13.8 Å². The number of carbonyl (C=O) groups is 1. The zero-order valence-corrected chi connectivity index (χ0v) is 14.0. The van der Waals surface area contributed by atoms with Gasteiger partial charge >= 0.3 is 0 Å². The molecule has 2 unspecified atom stereocenters. The number of nitro groups is 1. The highest BCUT2D eigenvalue weighted by Crippen LogP contribution is 2.43. The van der Waals surface area contributed by atoms with Crippen LogP contribution >= 0.6 is 0 Å². The molecule has 0 amide bonds. The number of nitriles is 1. The Labute approximate surface area is 148 Å². The number of aliphatic hydroxyl groups is 1. The number of nitrogens with zero attached hydrogens (tertiary/aromatic N) is 3. The number of carbonyl (C=O) groups excluding carboxylic acids is 1. The molecule has 0 radical (unpaired) electrons. The van der Waals surface area contributed by atoms with Gasteiger partial charge in [-0.3, -0.25) is 24.3 Å². The maximum Gasteiger partial charge on any atom is 0.285 e. The quantitative estimate of drug-likeness (QED) is 0.648. The van der Waals surface area contributed by atoms with Crippen molar-refractivity contribution >= 4 is 11.5 Å². The van der Waals surface area contributed by atoms with Crippen LogP contribution in [0.15, 0.2) is 41.3 Å². The fourth-order valence-corrected chi connectivity index (χ4v) is 3.25. The van der Waals surface area contributed by atoms with Crippen molar-refractivity contribution in [3.63, 3.8) is 0 Å². The lowest BCUT2D eigenvalue weighted by Crippen LogP contribution is -2.49. The molecule has 0 bridgehead atoms. The second-order valence-corrected chi connectivity index (χ2v) is 6.74. The van der Waals surface area contributed by atoms with Gasteiger partial charge in [0.25, 0.3) is 11.2 Å². The van der Waals surface area contributed by atoms with E-state index in [0.717, 1.165) is 22.9 Å². The third-order valence-electron chi connectivity index (χ3n) is 4.80. The molecule has 0 saturated carbocycles. The smallest absolute Gasteiger partial charge is 0.285 e. The molecule has 2 aromatic rings. The molecule has 0 spiro atoms.